The number of aliphatic hydroxyl groups excluding tert-OH is 12. The van der Waals surface area contributed by atoms with Gasteiger partial charge in [0.2, 0.25) is 0 Å². The number of aliphatic hydroxyl groups is 12. The van der Waals surface area contributed by atoms with Gasteiger partial charge in [-0.05, 0) is 304 Å². The SMILES string of the molecule is CC(C)[C@H](C)[C@@H](O)[C@H](O)[C@@H](C)[C@H]1CCC2C3CC(=O)C[C@H]4C[C@H](O)[C@H](O)C[C@]4(C)C3CC[C@@]21C.CC(C)[C@H](C)[C@@H](O)[C@H](O)[C@@H](C)[C@H]1CCC2C3CCCC(=O)[C@@H]4C[C@H](O)[C@H](O)C[C@]4(C)C3CC[C@@]21C.CC(C)[C@H](C)[C@@H](O)[C@H](O)[C@@H](C)[C@H]1CCC2C3CCCC(=O)[C@H]4C[C@H](O)[C@H](O)C[C@]4(C)C3CC[C@@]21C. The molecule has 0 saturated heterocycles. The lowest BCUT2D eigenvalue weighted by Gasteiger charge is -2.59. The second kappa shape index (κ2) is 32.6. The third kappa shape index (κ3) is 15.4. The van der Waals surface area contributed by atoms with Gasteiger partial charge >= 0.3 is 0 Å². The summed E-state index contributed by atoms with van der Waals surface area (Å²) in [6, 6.07) is 0. The summed E-state index contributed by atoms with van der Waals surface area (Å²) < 4.78 is 0. The number of carbonyl (C=O) groups excluding carboxylic acids is 3. The molecule has 104 heavy (non-hydrogen) atoms. The Bertz CT molecular complexity index is 2760. The number of hydrogen-bond donors (Lipinski definition) is 12. The quantitative estimate of drug-likeness (QED) is 0.0726. The minimum absolute atomic E-state index is 0.0132. The molecule has 0 bridgehead atoms. The van der Waals surface area contributed by atoms with Crippen molar-refractivity contribution in [2.45, 2.75) is 365 Å². The second-order valence-corrected chi connectivity index (χ2v) is 41.9. The molecule has 0 aromatic carbocycles. The fourth-order valence-electron chi connectivity index (χ4n) is 28.7. The van der Waals surface area contributed by atoms with E-state index in [4.69, 9.17) is 0 Å². The molecule has 12 saturated carbocycles. The Hall–Kier alpha value is -1.47. The highest BCUT2D eigenvalue weighted by molar-refractivity contribution is 5.83. The van der Waals surface area contributed by atoms with Gasteiger partial charge in [0.25, 0.3) is 0 Å². The van der Waals surface area contributed by atoms with Crippen molar-refractivity contribution in [2.75, 3.05) is 0 Å². The predicted molar refractivity (Wildman–Crippen MR) is 408 cm³/mol. The first-order valence-electron chi connectivity index (χ1n) is 43.2. The molecule has 12 aliphatic rings. The molecule has 0 amide bonds. The minimum atomic E-state index is -0.790. The molecule has 0 spiro atoms. The van der Waals surface area contributed by atoms with Gasteiger partial charge in [0.05, 0.1) is 73.2 Å². The highest BCUT2D eigenvalue weighted by atomic mass is 16.3. The fraction of sp³-hybridized carbons (Fsp3) is 0.966. The van der Waals surface area contributed by atoms with Gasteiger partial charge in [0, 0.05) is 37.5 Å². The van der Waals surface area contributed by atoms with Crippen molar-refractivity contribution in [3.05, 3.63) is 0 Å². The predicted octanol–water partition coefficient (Wildman–Crippen LogP) is 13.4. The summed E-state index contributed by atoms with van der Waals surface area (Å²) in [6.07, 6.45) is 13.5. The minimum Gasteiger partial charge on any atom is -0.390 e. The van der Waals surface area contributed by atoms with E-state index in [1.54, 1.807) is 0 Å². The van der Waals surface area contributed by atoms with Crippen LogP contribution in [0.25, 0.3) is 0 Å². The molecular formula is C89H154O15. The van der Waals surface area contributed by atoms with Gasteiger partial charge in [-0.2, -0.15) is 0 Å². The first-order valence-corrected chi connectivity index (χ1v) is 43.2. The Morgan fingerprint density at radius 1 is 0.317 bits per heavy atom. The van der Waals surface area contributed by atoms with Crippen molar-refractivity contribution in [1.82, 2.24) is 0 Å². The Balaban J connectivity index is 0.000000167. The number of rotatable bonds is 15. The molecule has 12 fully saturated rings. The van der Waals surface area contributed by atoms with Crippen LogP contribution in [0.1, 0.15) is 292 Å². The normalized spacial score (nSPS) is 47.9. The molecule has 12 aliphatic carbocycles. The molecule has 600 valence electrons. The highest BCUT2D eigenvalue weighted by Crippen LogP contribution is 2.71. The molecule has 0 heterocycles. The summed E-state index contributed by atoms with van der Waals surface area (Å²) in [7, 11) is 0. The fourth-order valence-corrected chi connectivity index (χ4v) is 28.7. The topological polar surface area (TPSA) is 294 Å². The van der Waals surface area contributed by atoms with Gasteiger partial charge in [-0.1, -0.05) is 125 Å². The molecule has 0 aromatic rings. The average Bonchev–Trinajstić information content (AvgIpc) is 1.42. The second-order valence-electron chi connectivity index (χ2n) is 41.9. The highest BCUT2D eigenvalue weighted by Gasteiger charge is 2.66. The van der Waals surface area contributed by atoms with E-state index in [1.165, 1.54) is 0 Å². The van der Waals surface area contributed by atoms with E-state index in [2.05, 4.69) is 104 Å². The standard InChI is InChI=1S/2C30H52O5.C29H50O5/c2*1-16(2)17(3)27(34)28(35)18(4)20-10-11-21-19-8-7-9-24(31)23-14-25(32)26(33)15-30(23,6)22(19)12-13-29(20,21)5;1-15(2)16(3)26(33)27(34)17(4)21-7-8-22-20-13-19(30)11-18-12-24(31)25(32)14-29(18,6)23(20)9-10-28(21,22)5/h2*16-23,25-28,32-35H,7-15H2,1-6H3;15-18,20-27,31-34H,7-14H2,1-6H3/t17-,18-,19?,20+,21?,22?,23+,25-,26+,27+,28+,29+,30+;17-,18-,19?,20+,21?,22?,23-,25-,26+,27+,28+,29+,30+;16-,17-,18-,20?,21+,22?,23?,24-,25+,26+,27+,28+,29-/m000/s1. The molecule has 0 aromatic heterocycles. The molecule has 39 atom stereocenters. The van der Waals surface area contributed by atoms with E-state index in [1.807, 2.05) is 20.8 Å². The van der Waals surface area contributed by atoms with Gasteiger partial charge in [0.15, 0.2) is 0 Å². The molecule has 15 heteroatoms. The van der Waals surface area contributed by atoms with Crippen molar-refractivity contribution < 1.29 is 75.7 Å². The monoisotopic (exact) mass is 1460 g/mol. The van der Waals surface area contributed by atoms with E-state index in [0.717, 1.165) is 103 Å². The van der Waals surface area contributed by atoms with Crippen LogP contribution in [0.4, 0.5) is 0 Å². The summed E-state index contributed by atoms with van der Waals surface area (Å²) >= 11 is 0. The van der Waals surface area contributed by atoms with Gasteiger partial charge in [-0.3, -0.25) is 14.4 Å². The average molecular weight is 1460 g/mol. The zero-order valence-corrected chi connectivity index (χ0v) is 68.3. The van der Waals surface area contributed by atoms with Crippen LogP contribution >= 0.6 is 0 Å². The van der Waals surface area contributed by atoms with E-state index >= 15 is 0 Å². The van der Waals surface area contributed by atoms with Crippen LogP contribution in [-0.4, -0.2) is 152 Å². The van der Waals surface area contributed by atoms with Crippen LogP contribution in [0.5, 0.6) is 0 Å². The Kier molecular flexibility index (Phi) is 26.6. The van der Waals surface area contributed by atoms with Gasteiger partial charge in [-0.25, -0.2) is 0 Å². The van der Waals surface area contributed by atoms with Crippen LogP contribution in [0.2, 0.25) is 0 Å². The van der Waals surface area contributed by atoms with Crippen LogP contribution in [-0.2, 0) is 14.4 Å². The largest absolute Gasteiger partial charge is 0.390 e. The number of hydrogen-bond acceptors (Lipinski definition) is 15. The van der Waals surface area contributed by atoms with Crippen LogP contribution < -0.4 is 0 Å². The summed E-state index contributed by atoms with van der Waals surface area (Å²) in [5.74, 6) is 7.17. The molecule has 0 radical (unpaired) electrons. The van der Waals surface area contributed by atoms with E-state index in [0.29, 0.717) is 170 Å². The Morgan fingerprint density at radius 3 is 0.933 bits per heavy atom. The molecule has 0 aliphatic heterocycles. The van der Waals surface area contributed by atoms with Crippen molar-refractivity contribution in [1.29, 1.82) is 0 Å². The van der Waals surface area contributed by atoms with Crippen molar-refractivity contribution >= 4 is 17.3 Å². The maximum atomic E-state index is 13.2. The molecular weight excluding hydrogens is 1310 g/mol. The number of carbonyl (C=O) groups is 3. The third-order valence-corrected chi connectivity index (χ3v) is 36.3. The Morgan fingerprint density at radius 2 is 0.606 bits per heavy atom. The molecule has 12 rings (SSSR count). The molecule has 12 N–H and O–H groups in total. The van der Waals surface area contributed by atoms with E-state index in [-0.39, 0.29) is 85.8 Å². The maximum absolute atomic E-state index is 13.2. The first-order chi connectivity index (χ1) is 48.5. The molecule has 15 nitrogen and oxygen atoms in total. The smallest absolute Gasteiger partial charge is 0.136 e. The van der Waals surface area contributed by atoms with Crippen molar-refractivity contribution in [2.24, 2.45) is 175 Å². The first kappa shape index (κ1) is 85.0. The summed E-state index contributed by atoms with van der Waals surface area (Å²) in [5.41, 5.74) is -0.300. The zero-order valence-electron chi connectivity index (χ0n) is 68.3. The van der Waals surface area contributed by atoms with Crippen LogP contribution in [0.15, 0.2) is 0 Å². The van der Waals surface area contributed by atoms with Crippen LogP contribution in [0, 0.1) is 175 Å². The van der Waals surface area contributed by atoms with Gasteiger partial charge in [0.1, 0.15) is 17.3 Å². The summed E-state index contributed by atoms with van der Waals surface area (Å²) in [4.78, 5) is 39.5. The lowest BCUT2D eigenvalue weighted by atomic mass is 9.46. The van der Waals surface area contributed by atoms with Crippen molar-refractivity contribution in [3.63, 3.8) is 0 Å². The lowest BCUT2D eigenvalue weighted by Crippen LogP contribution is -2.57. The maximum Gasteiger partial charge on any atom is 0.136 e. The summed E-state index contributed by atoms with van der Waals surface area (Å²) in [5, 5.41) is 129. The zero-order chi connectivity index (χ0) is 76.9. The summed E-state index contributed by atoms with van der Waals surface area (Å²) in [6.45, 7) is 39.2. The van der Waals surface area contributed by atoms with E-state index in [9.17, 15) is 75.7 Å². The molecule has 9 unspecified atom stereocenters. The number of fused-ring (bicyclic) bond motifs is 15. The Labute approximate surface area is 629 Å². The third-order valence-electron chi connectivity index (χ3n) is 36.3. The number of ketones is 3. The van der Waals surface area contributed by atoms with Crippen LogP contribution in [0.3, 0.4) is 0 Å². The van der Waals surface area contributed by atoms with Crippen molar-refractivity contribution in [3.8, 4) is 0 Å². The van der Waals surface area contributed by atoms with Gasteiger partial charge in [-0.15, -0.1) is 0 Å². The lowest BCUT2D eigenvalue weighted by molar-refractivity contribution is -0.162. The van der Waals surface area contributed by atoms with Gasteiger partial charge < -0.3 is 61.3 Å². The number of Topliss-reactive ketones (excluding diaryl/α,β-unsaturated/α-hetero) is 3. The van der Waals surface area contributed by atoms with E-state index < -0.39 is 73.2 Å².